The van der Waals surface area contributed by atoms with Gasteiger partial charge in [-0.15, -0.1) is 10.2 Å². The summed E-state index contributed by atoms with van der Waals surface area (Å²) in [6.07, 6.45) is -2.04. The lowest BCUT2D eigenvalue weighted by Gasteiger charge is -2.20. The summed E-state index contributed by atoms with van der Waals surface area (Å²) < 4.78 is 36.7. The minimum Gasteiger partial charge on any atom is -0.367 e. The third-order valence-electron chi connectivity index (χ3n) is 4.57. The molecule has 1 saturated heterocycles. The highest BCUT2D eigenvalue weighted by molar-refractivity contribution is 6.08. The Balaban J connectivity index is 1.51. The average molecular weight is 379 g/mol. The Morgan fingerprint density at radius 1 is 1.37 bits per heavy atom. The van der Waals surface area contributed by atoms with Crippen molar-refractivity contribution in [3.63, 3.8) is 0 Å². The molecule has 0 radical (unpaired) electrons. The molecule has 0 saturated carbocycles. The fourth-order valence-corrected chi connectivity index (χ4v) is 3.32. The van der Waals surface area contributed by atoms with Gasteiger partial charge in [-0.3, -0.25) is 9.89 Å². The van der Waals surface area contributed by atoms with Crippen LogP contribution in [0.2, 0.25) is 0 Å². The maximum absolute atomic E-state index is 12.2. The van der Waals surface area contributed by atoms with Gasteiger partial charge < -0.3 is 10.2 Å². The Hall–Kier alpha value is -2.98. The number of carbonyl (C=O) groups is 1. The molecule has 3 aromatic rings. The Labute approximate surface area is 151 Å². The lowest BCUT2D eigenvalue weighted by molar-refractivity contribution is -0.144. The molecule has 11 heteroatoms. The molecule has 1 amide bonds. The maximum atomic E-state index is 12.2. The van der Waals surface area contributed by atoms with Gasteiger partial charge in [-0.2, -0.15) is 18.3 Å². The summed E-state index contributed by atoms with van der Waals surface area (Å²) in [5.41, 5.74) is 1.87. The molecule has 1 aliphatic heterocycles. The van der Waals surface area contributed by atoms with Gasteiger partial charge in [-0.05, 0) is 12.5 Å². The van der Waals surface area contributed by atoms with E-state index in [4.69, 9.17) is 0 Å². The van der Waals surface area contributed by atoms with Crippen LogP contribution in [-0.2, 0) is 4.79 Å². The second-order valence-electron chi connectivity index (χ2n) is 6.48. The molecule has 1 atom stereocenters. The molecular weight excluding hydrogens is 363 g/mol. The topological polar surface area (TPSA) is 99.7 Å². The molecule has 8 nitrogen and oxygen atoms in total. The van der Waals surface area contributed by atoms with Gasteiger partial charge in [0.05, 0.1) is 23.7 Å². The standard InChI is InChI=1S/C16H16F3N7O/c17-16(18,19)4-1-12(27)22-9-3-6-26(8-9)11-7-21-23-15-13(11)10-2-5-20-14(10)24-25-15/h2,5,7,9H,1,3-4,6,8H2,(H,22,27)(H,23,25). The van der Waals surface area contributed by atoms with Crippen molar-refractivity contribution in [1.29, 1.82) is 0 Å². The molecule has 0 aliphatic carbocycles. The summed E-state index contributed by atoms with van der Waals surface area (Å²) >= 11 is 0. The second kappa shape index (κ2) is 6.63. The van der Waals surface area contributed by atoms with Crippen molar-refractivity contribution < 1.29 is 18.0 Å². The number of hydrogen-bond donors (Lipinski definition) is 2. The number of aromatic nitrogens is 5. The third-order valence-corrected chi connectivity index (χ3v) is 4.57. The van der Waals surface area contributed by atoms with Gasteiger partial charge in [0.15, 0.2) is 11.3 Å². The first-order chi connectivity index (χ1) is 12.9. The SMILES string of the molecule is O=C(CCC(F)(F)F)NC1CCN(c2cn[nH]c3nnc4nccc4c23)C1. The number of amides is 1. The Bertz CT molecular complexity index is 987. The van der Waals surface area contributed by atoms with Gasteiger partial charge in [0.25, 0.3) is 0 Å². The third kappa shape index (κ3) is 3.62. The smallest absolute Gasteiger partial charge is 0.367 e. The first-order valence-electron chi connectivity index (χ1n) is 8.46. The van der Waals surface area contributed by atoms with Crippen molar-refractivity contribution in [3.05, 3.63) is 18.5 Å². The molecule has 1 unspecified atom stereocenters. The zero-order valence-corrected chi connectivity index (χ0v) is 14.1. The van der Waals surface area contributed by atoms with E-state index in [2.05, 4.69) is 30.7 Å². The van der Waals surface area contributed by atoms with E-state index in [0.717, 1.165) is 16.5 Å². The summed E-state index contributed by atoms with van der Waals surface area (Å²) in [5, 5.41) is 19.4. The van der Waals surface area contributed by atoms with E-state index in [9.17, 15) is 18.0 Å². The highest BCUT2D eigenvalue weighted by atomic mass is 19.4. The molecule has 142 valence electrons. The highest BCUT2D eigenvalue weighted by Crippen LogP contribution is 2.31. The van der Waals surface area contributed by atoms with Gasteiger partial charge in [0.2, 0.25) is 5.91 Å². The number of fused-ring (bicyclic) bond motifs is 3. The first-order valence-corrected chi connectivity index (χ1v) is 8.46. The number of nitrogens with zero attached hydrogens (tertiary/aromatic N) is 5. The molecule has 4 heterocycles. The van der Waals surface area contributed by atoms with Gasteiger partial charge in [0.1, 0.15) is 0 Å². The van der Waals surface area contributed by atoms with Crippen LogP contribution in [0.15, 0.2) is 18.5 Å². The maximum Gasteiger partial charge on any atom is 0.389 e. The van der Waals surface area contributed by atoms with E-state index in [0.29, 0.717) is 30.8 Å². The van der Waals surface area contributed by atoms with E-state index in [1.54, 1.807) is 12.4 Å². The fourth-order valence-electron chi connectivity index (χ4n) is 3.32. The van der Waals surface area contributed by atoms with Crippen molar-refractivity contribution in [1.82, 2.24) is 30.7 Å². The normalized spacial score (nSPS) is 17.7. The number of rotatable bonds is 4. The minimum absolute atomic E-state index is 0.215. The number of nitrogens with one attached hydrogen (secondary N) is 2. The Kier molecular flexibility index (Phi) is 4.28. The molecule has 27 heavy (non-hydrogen) atoms. The lowest BCUT2D eigenvalue weighted by atomic mass is 10.2. The summed E-state index contributed by atoms with van der Waals surface area (Å²) in [6.45, 7) is 1.12. The van der Waals surface area contributed by atoms with Crippen LogP contribution in [0.3, 0.4) is 0 Å². The first kappa shape index (κ1) is 17.4. The van der Waals surface area contributed by atoms with E-state index >= 15 is 0 Å². The van der Waals surface area contributed by atoms with Gasteiger partial charge >= 0.3 is 6.18 Å². The number of alkyl halides is 3. The highest BCUT2D eigenvalue weighted by Gasteiger charge is 2.30. The van der Waals surface area contributed by atoms with E-state index in [-0.39, 0.29) is 6.04 Å². The van der Waals surface area contributed by atoms with Crippen LogP contribution in [-0.4, -0.2) is 56.6 Å². The summed E-state index contributed by atoms with van der Waals surface area (Å²) in [7, 11) is 0. The number of anilines is 1. The number of H-pyrrole nitrogens is 1. The number of aromatic amines is 1. The average Bonchev–Trinajstić information content (AvgIpc) is 3.28. The molecule has 2 N–H and O–H groups in total. The number of carbonyl (C=O) groups excluding carboxylic acids is 1. The van der Waals surface area contributed by atoms with Gasteiger partial charge in [-0.1, -0.05) is 0 Å². The van der Waals surface area contributed by atoms with Gasteiger partial charge in [-0.25, -0.2) is 4.98 Å². The minimum atomic E-state index is -4.33. The lowest BCUT2D eigenvalue weighted by Crippen LogP contribution is -2.37. The second-order valence-corrected chi connectivity index (χ2v) is 6.48. The van der Waals surface area contributed by atoms with E-state index in [1.807, 2.05) is 11.0 Å². The van der Waals surface area contributed by atoms with Crippen LogP contribution >= 0.6 is 0 Å². The van der Waals surface area contributed by atoms with E-state index in [1.165, 1.54) is 0 Å². The molecule has 1 aliphatic rings. The number of hydrogen-bond acceptors (Lipinski definition) is 6. The molecule has 0 spiro atoms. The fraction of sp³-hybridized carbons (Fsp3) is 0.438. The summed E-state index contributed by atoms with van der Waals surface area (Å²) in [4.78, 5) is 18.0. The molecule has 0 bridgehead atoms. The summed E-state index contributed by atoms with van der Waals surface area (Å²) in [6, 6.07) is 1.63. The van der Waals surface area contributed by atoms with Crippen LogP contribution in [0.25, 0.3) is 22.1 Å². The summed E-state index contributed by atoms with van der Waals surface area (Å²) in [5.74, 6) is -0.586. The Morgan fingerprint density at radius 2 is 2.22 bits per heavy atom. The van der Waals surface area contributed by atoms with Crippen LogP contribution < -0.4 is 10.2 Å². The van der Waals surface area contributed by atoms with Crippen molar-refractivity contribution in [2.24, 2.45) is 0 Å². The van der Waals surface area contributed by atoms with Crippen LogP contribution in [0.4, 0.5) is 18.9 Å². The monoisotopic (exact) mass is 379 g/mol. The predicted octanol–water partition coefficient (Wildman–Crippen LogP) is 1.94. The van der Waals surface area contributed by atoms with Crippen molar-refractivity contribution in [2.75, 3.05) is 18.0 Å². The zero-order chi connectivity index (χ0) is 19.0. The molecular formula is C16H16F3N7O. The van der Waals surface area contributed by atoms with Gasteiger partial charge in [0, 0.05) is 37.1 Å². The van der Waals surface area contributed by atoms with E-state index < -0.39 is 24.9 Å². The van der Waals surface area contributed by atoms with Crippen LogP contribution in [0.1, 0.15) is 19.3 Å². The van der Waals surface area contributed by atoms with Crippen molar-refractivity contribution in [3.8, 4) is 0 Å². The van der Waals surface area contributed by atoms with Crippen molar-refractivity contribution >= 4 is 33.7 Å². The van der Waals surface area contributed by atoms with Crippen molar-refractivity contribution in [2.45, 2.75) is 31.5 Å². The van der Waals surface area contributed by atoms with Crippen LogP contribution in [0, 0.1) is 0 Å². The zero-order valence-electron chi connectivity index (χ0n) is 14.1. The molecule has 3 aromatic heterocycles. The quantitative estimate of drug-likeness (QED) is 0.719. The largest absolute Gasteiger partial charge is 0.389 e. The molecule has 4 rings (SSSR count). The Morgan fingerprint density at radius 3 is 3.04 bits per heavy atom. The predicted molar refractivity (Wildman–Crippen MR) is 91.0 cm³/mol. The molecule has 0 aromatic carbocycles. The number of halogens is 3. The van der Waals surface area contributed by atoms with Crippen LogP contribution in [0.5, 0.6) is 0 Å². The molecule has 1 fully saturated rings.